The topological polar surface area (TPSA) is 29.5 Å². The van der Waals surface area contributed by atoms with Crippen LogP contribution in [0.2, 0.25) is 0 Å². The Kier molecular flexibility index (Phi) is 7.41. The first kappa shape index (κ1) is 28.1. The van der Waals surface area contributed by atoms with Crippen molar-refractivity contribution in [1.82, 2.24) is 4.90 Å². The van der Waals surface area contributed by atoms with E-state index in [0.29, 0.717) is 24.1 Å². The first-order valence-electron chi connectivity index (χ1n) is 12.9. The van der Waals surface area contributed by atoms with Crippen LogP contribution >= 0.6 is 0 Å². The van der Waals surface area contributed by atoms with E-state index in [1.54, 1.807) is 17.0 Å². The molecule has 2 aliphatic heterocycles. The summed E-state index contributed by atoms with van der Waals surface area (Å²) in [4.78, 5) is 14.9. The van der Waals surface area contributed by atoms with E-state index in [0.717, 1.165) is 5.56 Å². The molecule has 2 heterocycles. The van der Waals surface area contributed by atoms with Crippen LogP contribution in [0.1, 0.15) is 65.5 Å². The minimum absolute atomic E-state index is 0.0770. The first-order valence-corrected chi connectivity index (χ1v) is 12.9. The molecule has 3 nitrogen and oxygen atoms in total. The minimum atomic E-state index is -4.99. The van der Waals surface area contributed by atoms with Crippen molar-refractivity contribution in [3.8, 4) is 0 Å². The standard InChI is InChI=1S/C30H26F7NO2/c1-17(20-11-22(29(32,33)34)15-23(12-20)30(35,36)37)40-26-16-38-25(28(26)19-7-9-24(31)10-8-19)13-21(14-27(38)39)18-5-3-2-4-6-18/h2-12,15,17,21,25-26,28H,13-14,16H2,1H3/t17-,21?,25?,26?,28+/m1/s1. The third-order valence-electron chi connectivity index (χ3n) is 7.84. The van der Waals surface area contributed by atoms with E-state index >= 15 is 0 Å². The lowest BCUT2D eigenvalue weighted by Crippen LogP contribution is -2.43. The van der Waals surface area contributed by atoms with Gasteiger partial charge < -0.3 is 9.64 Å². The molecule has 3 unspecified atom stereocenters. The molecule has 2 fully saturated rings. The molecule has 212 valence electrons. The Bertz CT molecular complexity index is 1320. The van der Waals surface area contributed by atoms with Crippen LogP contribution in [0, 0.1) is 5.82 Å². The molecular formula is C30H26F7NO2. The summed E-state index contributed by atoms with van der Waals surface area (Å²) < 4.78 is 101. The number of rotatable bonds is 5. The van der Waals surface area contributed by atoms with Crippen LogP contribution in [0.3, 0.4) is 0 Å². The van der Waals surface area contributed by atoms with E-state index in [-0.39, 0.29) is 42.5 Å². The minimum Gasteiger partial charge on any atom is -0.368 e. The molecule has 0 saturated carbocycles. The lowest BCUT2D eigenvalue weighted by molar-refractivity contribution is -0.143. The van der Waals surface area contributed by atoms with Gasteiger partial charge in [0, 0.05) is 24.9 Å². The summed E-state index contributed by atoms with van der Waals surface area (Å²) in [6.45, 7) is 1.51. The third kappa shape index (κ3) is 5.73. The number of hydrogen-bond acceptors (Lipinski definition) is 2. The van der Waals surface area contributed by atoms with Crippen molar-refractivity contribution in [3.63, 3.8) is 0 Å². The number of benzene rings is 3. The molecular weight excluding hydrogens is 539 g/mol. The molecule has 5 rings (SSSR count). The van der Waals surface area contributed by atoms with Crippen LogP contribution in [0.25, 0.3) is 0 Å². The van der Waals surface area contributed by atoms with Gasteiger partial charge in [-0.25, -0.2) is 4.39 Å². The highest BCUT2D eigenvalue weighted by Crippen LogP contribution is 2.46. The first-order chi connectivity index (χ1) is 18.8. The Morgan fingerprint density at radius 1 is 0.850 bits per heavy atom. The number of fused-ring (bicyclic) bond motifs is 1. The van der Waals surface area contributed by atoms with Gasteiger partial charge in [0.15, 0.2) is 0 Å². The Morgan fingerprint density at radius 2 is 1.45 bits per heavy atom. The number of carbonyl (C=O) groups excluding carboxylic acids is 1. The summed E-state index contributed by atoms with van der Waals surface area (Å²) in [5.74, 6) is -1.12. The molecule has 40 heavy (non-hydrogen) atoms. The second kappa shape index (κ2) is 10.5. The van der Waals surface area contributed by atoms with E-state index in [4.69, 9.17) is 4.74 Å². The number of alkyl halides is 6. The van der Waals surface area contributed by atoms with Crippen molar-refractivity contribution in [2.45, 2.75) is 62.2 Å². The predicted octanol–water partition coefficient (Wildman–Crippen LogP) is 7.88. The zero-order valence-corrected chi connectivity index (χ0v) is 21.3. The third-order valence-corrected chi connectivity index (χ3v) is 7.84. The molecule has 5 atom stereocenters. The zero-order valence-electron chi connectivity index (χ0n) is 21.3. The van der Waals surface area contributed by atoms with Gasteiger partial charge in [-0.05, 0) is 66.3 Å². The van der Waals surface area contributed by atoms with Gasteiger partial charge in [0.2, 0.25) is 5.91 Å². The van der Waals surface area contributed by atoms with E-state index in [9.17, 15) is 35.5 Å². The van der Waals surface area contributed by atoms with Gasteiger partial charge >= 0.3 is 12.4 Å². The molecule has 3 aromatic carbocycles. The largest absolute Gasteiger partial charge is 0.416 e. The Labute approximate surface area is 226 Å². The van der Waals surface area contributed by atoms with E-state index in [1.165, 1.54) is 19.1 Å². The average molecular weight is 566 g/mol. The zero-order chi connectivity index (χ0) is 28.8. The molecule has 0 N–H and O–H groups in total. The molecule has 0 bridgehead atoms. The number of amides is 1. The lowest BCUT2D eigenvalue weighted by Gasteiger charge is -2.37. The molecule has 10 heteroatoms. The van der Waals surface area contributed by atoms with Gasteiger partial charge in [-0.3, -0.25) is 4.79 Å². The normalized spacial score (nSPS) is 24.2. The lowest BCUT2D eigenvalue weighted by atomic mass is 9.79. The Hall–Kier alpha value is -3.40. The van der Waals surface area contributed by atoms with Crippen LogP contribution in [0.15, 0.2) is 72.8 Å². The maximum atomic E-state index is 13.8. The van der Waals surface area contributed by atoms with Gasteiger partial charge in [-0.1, -0.05) is 42.5 Å². The fourth-order valence-corrected chi connectivity index (χ4v) is 5.93. The second-order valence-corrected chi connectivity index (χ2v) is 10.4. The van der Waals surface area contributed by atoms with Gasteiger partial charge in [-0.15, -0.1) is 0 Å². The van der Waals surface area contributed by atoms with Crippen LogP contribution < -0.4 is 0 Å². The van der Waals surface area contributed by atoms with Gasteiger partial charge in [0.25, 0.3) is 0 Å². The van der Waals surface area contributed by atoms with Gasteiger partial charge in [-0.2, -0.15) is 26.3 Å². The number of ether oxygens (including phenoxy) is 1. The Morgan fingerprint density at radius 3 is 2.02 bits per heavy atom. The van der Waals surface area contributed by atoms with E-state index < -0.39 is 47.4 Å². The smallest absolute Gasteiger partial charge is 0.368 e. The van der Waals surface area contributed by atoms with E-state index in [1.807, 2.05) is 30.3 Å². The summed E-state index contributed by atoms with van der Waals surface area (Å²) in [7, 11) is 0. The highest BCUT2D eigenvalue weighted by atomic mass is 19.4. The highest BCUT2D eigenvalue weighted by molar-refractivity contribution is 5.79. The SMILES string of the molecule is C[C@@H](OC1CN2C(=O)CC(c3ccccc3)CC2[C@@H]1c1ccc(F)cc1)c1cc(C(F)(F)F)cc(C(F)(F)F)c1. The van der Waals surface area contributed by atoms with Crippen molar-refractivity contribution in [3.05, 3.63) is 106 Å². The molecule has 0 aliphatic carbocycles. The summed E-state index contributed by atoms with van der Waals surface area (Å²) in [5.41, 5.74) is -1.46. The summed E-state index contributed by atoms with van der Waals surface area (Å²) in [6.07, 6.45) is -11.0. The molecule has 1 amide bonds. The van der Waals surface area contributed by atoms with E-state index in [2.05, 4.69) is 0 Å². The van der Waals surface area contributed by atoms with Gasteiger partial charge in [0.05, 0.1) is 23.3 Å². The highest BCUT2D eigenvalue weighted by Gasteiger charge is 2.49. The van der Waals surface area contributed by atoms with Crippen molar-refractivity contribution >= 4 is 5.91 Å². The van der Waals surface area contributed by atoms with Crippen LogP contribution in [0.4, 0.5) is 30.7 Å². The fourth-order valence-electron chi connectivity index (χ4n) is 5.93. The second-order valence-electron chi connectivity index (χ2n) is 10.4. The van der Waals surface area contributed by atoms with Crippen LogP contribution in [-0.2, 0) is 21.9 Å². The van der Waals surface area contributed by atoms with Crippen molar-refractivity contribution < 1.29 is 40.3 Å². The quantitative estimate of drug-likeness (QED) is 0.295. The number of piperidine rings is 1. The van der Waals surface area contributed by atoms with Gasteiger partial charge in [0.1, 0.15) is 5.82 Å². The van der Waals surface area contributed by atoms with Crippen molar-refractivity contribution in [2.75, 3.05) is 6.54 Å². The predicted molar refractivity (Wildman–Crippen MR) is 133 cm³/mol. The fraction of sp³-hybridized carbons (Fsp3) is 0.367. The summed E-state index contributed by atoms with van der Waals surface area (Å²) >= 11 is 0. The maximum Gasteiger partial charge on any atom is 0.416 e. The molecule has 0 aromatic heterocycles. The average Bonchev–Trinajstić information content (AvgIpc) is 3.26. The number of hydrogen-bond donors (Lipinski definition) is 0. The van der Waals surface area contributed by atoms with Crippen LogP contribution in [0.5, 0.6) is 0 Å². The molecule has 2 aliphatic rings. The van der Waals surface area contributed by atoms with Crippen molar-refractivity contribution in [1.29, 1.82) is 0 Å². The van der Waals surface area contributed by atoms with Crippen molar-refractivity contribution in [2.24, 2.45) is 0 Å². The molecule has 0 radical (unpaired) electrons. The molecule has 3 aromatic rings. The number of nitrogens with zero attached hydrogens (tertiary/aromatic N) is 1. The molecule has 0 spiro atoms. The Balaban J connectivity index is 1.49. The number of halogens is 7. The summed E-state index contributed by atoms with van der Waals surface area (Å²) in [6, 6.07) is 16.3. The number of carbonyl (C=O) groups is 1. The van der Waals surface area contributed by atoms with Crippen LogP contribution in [-0.4, -0.2) is 29.5 Å². The molecule has 2 saturated heterocycles. The monoisotopic (exact) mass is 565 g/mol. The summed E-state index contributed by atoms with van der Waals surface area (Å²) in [5, 5.41) is 0. The maximum absolute atomic E-state index is 13.8.